The molecule has 0 aliphatic rings. The predicted molar refractivity (Wildman–Crippen MR) is 67.3 cm³/mol. The fourth-order valence-corrected chi connectivity index (χ4v) is 1.38. The van der Waals surface area contributed by atoms with Gasteiger partial charge in [0.05, 0.1) is 6.42 Å². The van der Waals surface area contributed by atoms with Crippen LogP contribution >= 0.6 is 0 Å². The van der Waals surface area contributed by atoms with Crippen molar-refractivity contribution in [3.05, 3.63) is 41.7 Å². The van der Waals surface area contributed by atoms with Crippen LogP contribution in [0.25, 0.3) is 6.08 Å². The Morgan fingerprint density at radius 3 is 2.55 bits per heavy atom. The Hall–Kier alpha value is -2.70. The van der Waals surface area contributed by atoms with Crippen molar-refractivity contribution >= 4 is 23.9 Å². The first-order valence-corrected chi connectivity index (χ1v) is 5.57. The summed E-state index contributed by atoms with van der Waals surface area (Å²) in [6, 6.07) is 3.92. The van der Waals surface area contributed by atoms with Crippen LogP contribution in [0.15, 0.2) is 30.3 Å². The summed E-state index contributed by atoms with van der Waals surface area (Å²) in [5, 5.41) is 19.3. The van der Waals surface area contributed by atoms with Crippen LogP contribution < -0.4 is 5.32 Å². The summed E-state index contributed by atoms with van der Waals surface area (Å²) >= 11 is 0. The van der Waals surface area contributed by atoms with Gasteiger partial charge in [0.2, 0.25) is 5.91 Å². The molecule has 1 rings (SSSR count). The van der Waals surface area contributed by atoms with E-state index in [-0.39, 0.29) is 0 Å². The third-order valence-corrected chi connectivity index (χ3v) is 2.27. The maximum atomic E-state index is 12.9. The van der Waals surface area contributed by atoms with Gasteiger partial charge in [-0.25, -0.2) is 9.18 Å². The minimum atomic E-state index is -1.52. The molecule has 3 N–H and O–H groups in total. The van der Waals surface area contributed by atoms with Gasteiger partial charge in [-0.3, -0.25) is 9.59 Å². The Morgan fingerprint density at radius 2 is 2.00 bits per heavy atom. The number of carbonyl (C=O) groups excluding carboxylic acids is 1. The first kappa shape index (κ1) is 15.4. The van der Waals surface area contributed by atoms with Crippen molar-refractivity contribution in [2.45, 2.75) is 12.5 Å². The summed E-state index contributed by atoms with van der Waals surface area (Å²) in [4.78, 5) is 32.6. The van der Waals surface area contributed by atoms with Gasteiger partial charge in [-0.15, -0.1) is 0 Å². The number of benzene rings is 1. The number of hydrogen-bond donors (Lipinski definition) is 3. The second kappa shape index (κ2) is 7.03. The lowest BCUT2D eigenvalue weighted by molar-refractivity contribution is -0.146. The molecule has 0 unspecified atom stereocenters. The number of carboxylic acids is 2. The van der Waals surface area contributed by atoms with Crippen molar-refractivity contribution in [3.63, 3.8) is 0 Å². The number of carboxylic acid groups (broad SMARTS) is 2. The lowest BCUT2D eigenvalue weighted by Gasteiger charge is -2.10. The van der Waals surface area contributed by atoms with Crippen LogP contribution in [0.3, 0.4) is 0 Å². The van der Waals surface area contributed by atoms with E-state index in [1.165, 1.54) is 24.3 Å². The molecule has 106 valence electrons. The first-order chi connectivity index (χ1) is 9.38. The van der Waals surface area contributed by atoms with Crippen molar-refractivity contribution < 1.29 is 29.0 Å². The van der Waals surface area contributed by atoms with E-state index < -0.39 is 36.1 Å². The van der Waals surface area contributed by atoms with E-state index in [9.17, 15) is 18.8 Å². The maximum Gasteiger partial charge on any atom is 0.326 e. The summed E-state index contributed by atoms with van der Waals surface area (Å²) in [6.45, 7) is 0. The second-order valence-corrected chi connectivity index (χ2v) is 3.89. The highest BCUT2D eigenvalue weighted by Crippen LogP contribution is 2.05. The molecule has 20 heavy (non-hydrogen) atoms. The maximum absolute atomic E-state index is 12.9. The van der Waals surface area contributed by atoms with Crippen molar-refractivity contribution in [2.75, 3.05) is 0 Å². The van der Waals surface area contributed by atoms with Gasteiger partial charge < -0.3 is 15.5 Å². The number of carbonyl (C=O) groups is 3. The molecule has 7 heteroatoms. The van der Waals surface area contributed by atoms with Crippen LogP contribution in [-0.4, -0.2) is 34.1 Å². The fourth-order valence-electron chi connectivity index (χ4n) is 1.38. The van der Waals surface area contributed by atoms with Crippen LogP contribution in [0.5, 0.6) is 0 Å². The van der Waals surface area contributed by atoms with E-state index >= 15 is 0 Å². The van der Waals surface area contributed by atoms with Gasteiger partial charge in [0, 0.05) is 6.08 Å². The Bertz CT molecular complexity index is 555. The van der Waals surface area contributed by atoms with Crippen LogP contribution in [0, 0.1) is 5.82 Å². The Balaban J connectivity index is 2.66. The van der Waals surface area contributed by atoms with Gasteiger partial charge in [0.25, 0.3) is 0 Å². The lowest BCUT2D eigenvalue weighted by atomic mass is 10.2. The Labute approximate surface area is 113 Å². The first-order valence-electron chi connectivity index (χ1n) is 5.57. The molecular formula is C13H12FNO5. The summed E-state index contributed by atoms with van der Waals surface area (Å²) in [6.07, 6.45) is 1.57. The van der Waals surface area contributed by atoms with Gasteiger partial charge in [-0.05, 0) is 23.8 Å². The molecule has 0 aliphatic heterocycles. The molecule has 0 radical (unpaired) electrons. The second-order valence-electron chi connectivity index (χ2n) is 3.89. The minimum absolute atomic E-state index is 0.422. The molecule has 0 spiro atoms. The minimum Gasteiger partial charge on any atom is -0.481 e. The zero-order chi connectivity index (χ0) is 15.1. The molecule has 0 saturated carbocycles. The fraction of sp³-hybridized carbons (Fsp3) is 0.154. The number of halogens is 1. The molecule has 1 aromatic carbocycles. The number of hydrogen-bond acceptors (Lipinski definition) is 3. The Kier molecular flexibility index (Phi) is 5.40. The van der Waals surface area contributed by atoms with Crippen molar-refractivity contribution in [1.82, 2.24) is 5.32 Å². The molecule has 0 saturated heterocycles. The number of rotatable bonds is 6. The molecule has 0 fully saturated rings. The van der Waals surface area contributed by atoms with Crippen LogP contribution in [-0.2, 0) is 14.4 Å². The molecule has 0 heterocycles. The van der Waals surface area contributed by atoms with Crippen molar-refractivity contribution in [1.29, 1.82) is 0 Å². The van der Waals surface area contributed by atoms with E-state index in [4.69, 9.17) is 10.2 Å². The SMILES string of the molecule is O=C(O)C[C@@H](NC(=O)/C=C/c1cccc(F)c1)C(=O)O. The zero-order valence-electron chi connectivity index (χ0n) is 10.2. The van der Waals surface area contributed by atoms with E-state index in [2.05, 4.69) is 0 Å². The molecule has 0 bridgehead atoms. The molecule has 0 aliphatic carbocycles. The summed E-state index contributed by atoms with van der Waals surface area (Å²) in [5.74, 6) is -4.03. The third kappa shape index (κ3) is 5.30. The highest BCUT2D eigenvalue weighted by Gasteiger charge is 2.21. The largest absolute Gasteiger partial charge is 0.481 e. The molecule has 6 nitrogen and oxygen atoms in total. The lowest BCUT2D eigenvalue weighted by Crippen LogP contribution is -2.41. The van der Waals surface area contributed by atoms with E-state index in [1.54, 1.807) is 6.07 Å². The number of aliphatic carboxylic acids is 2. The van der Waals surface area contributed by atoms with Gasteiger partial charge in [-0.2, -0.15) is 0 Å². The van der Waals surface area contributed by atoms with Gasteiger partial charge >= 0.3 is 11.9 Å². The number of nitrogens with one attached hydrogen (secondary N) is 1. The highest BCUT2D eigenvalue weighted by molar-refractivity contribution is 5.95. The summed E-state index contributed by atoms with van der Waals surface area (Å²) in [7, 11) is 0. The quantitative estimate of drug-likeness (QED) is 0.672. The molecule has 1 atom stereocenters. The number of amides is 1. The summed E-state index contributed by atoms with van der Waals surface area (Å²) in [5.41, 5.74) is 0.422. The smallest absolute Gasteiger partial charge is 0.326 e. The highest BCUT2D eigenvalue weighted by atomic mass is 19.1. The van der Waals surface area contributed by atoms with Crippen molar-refractivity contribution in [3.8, 4) is 0 Å². The Morgan fingerprint density at radius 1 is 1.30 bits per heavy atom. The normalized spacial score (nSPS) is 12.1. The van der Waals surface area contributed by atoms with E-state index in [1.807, 2.05) is 5.32 Å². The molecule has 1 amide bonds. The summed E-state index contributed by atoms with van der Waals surface area (Å²) < 4.78 is 12.9. The average molecular weight is 281 g/mol. The van der Waals surface area contributed by atoms with E-state index in [0.717, 1.165) is 6.08 Å². The van der Waals surface area contributed by atoms with Crippen LogP contribution in [0.4, 0.5) is 4.39 Å². The van der Waals surface area contributed by atoms with E-state index in [0.29, 0.717) is 5.56 Å². The molecule has 1 aromatic rings. The average Bonchev–Trinajstić information content (AvgIpc) is 2.35. The van der Waals surface area contributed by atoms with Gasteiger partial charge in [-0.1, -0.05) is 12.1 Å². The third-order valence-electron chi connectivity index (χ3n) is 2.27. The monoisotopic (exact) mass is 281 g/mol. The topological polar surface area (TPSA) is 104 Å². The molecular weight excluding hydrogens is 269 g/mol. The predicted octanol–water partition coefficient (Wildman–Crippen LogP) is 0.883. The molecule has 0 aromatic heterocycles. The van der Waals surface area contributed by atoms with Gasteiger partial charge in [0.1, 0.15) is 11.9 Å². The van der Waals surface area contributed by atoms with Gasteiger partial charge in [0.15, 0.2) is 0 Å². The standard InChI is InChI=1S/C13H12FNO5/c14-9-3-1-2-8(6-9)4-5-11(16)15-10(13(19)20)7-12(17)18/h1-6,10H,7H2,(H,15,16)(H,17,18)(H,19,20)/b5-4+/t10-/m1/s1. The van der Waals surface area contributed by atoms with Crippen molar-refractivity contribution in [2.24, 2.45) is 0 Å². The van der Waals surface area contributed by atoms with Crippen LogP contribution in [0.1, 0.15) is 12.0 Å². The zero-order valence-corrected chi connectivity index (χ0v) is 10.2. The van der Waals surface area contributed by atoms with Crippen LogP contribution in [0.2, 0.25) is 0 Å².